The van der Waals surface area contributed by atoms with E-state index in [9.17, 15) is 13.2 Å². The minimum atomic E-state index is -3.67. The maximum atomic E-state index is 12.3. The summed E-state index contributed by atoms with van der Waals surface area (Å²) in [7, 11) is -2.18. The molecule has 0 aliphatic heterocycles. The number of nitrogens with one attached hydrogen (secondary N) is 2. The number of ether oxygens (including phenoxy) is 1. The summed E-state index contributed by atoms with van der Waals surface area (Å²) in [5.74, 6) is -0.299. The molecule has 8 heteroatoms. The summed E-state index contributed by atoms with van der Waals surface area (Å²) in [5.41, 5.74) is 0.294. The van der Waals surface area contributed by atoms with Crippen molar-refractivity contribution in [2.24, 2.45) is 0 Å². The first-order valence-corrected chi connectivity index (χ1v) is 9.68. The highest BCUT2D eigenvalue weighted by molar-refractivity contribution is 9.10. The van der Waals surface area contributed by atoms with Crippen molar-refractivity contribution in [1.29, 1.82) is 0 Å². The summed E-state index contributed by atoms with van der Waals surface area (Å²) in [4.78, 5) is 12.4. The molecular weight excluding hydrogens is 384 g/mol. The molecule has 0 fully saturated rings. The fourth-order valence-corrected chi connectivity index (χ4v) is 3.48. The van der Waals surface area contributed by atoms with E-state index in [1.165, 1.54) is 19.2 Å². The molecule has 6 nitrogen and oxygen atoms in total. The zero-order chi connectivity index (χ0) is 17.5. The number of rotatable bonds is 9. The third-order valence-electron chi connectivity index (χ3n) is 3.19. The van der Waals surface area contributed by atoms with Gasteiger partial charge in [0, 0.05) is 24.2 Å². The van der Waals surface area contributed by atoms with Crippen LogP contribution in [0.15, 0.2) is 27.6 Å². The number of benzene rings is 1. The molecule has 1 amide bonds. The highest BCUT2D eigenvalue weighted by Gasteiger charge is 2.19. The fraction of sp³-hybridized carbons (Fsp3) is 0.533. The number of hydrogen-bond acceptors (Lipinski definition) is 4. The molecule has 1 atom stereocenters. The van der Waals surface area contributed by atoms with E-state index in [0.29, 0.717) is 10.0 Å². The topological polar surface area (TPSA) is 84.5 Å². The molecule has 1 aromatic rings. The number of hydrogen-bond donors (Lipinski definition) is 2. The van der Waals surface area contributed by atoms with Crippen LogP contribution in [0.4, 0.5) is 0 Å². The normalized spacial score (nSPS) is 12.9. The van der Waals surface area contributed by atoms with Crippen LogP contribution < -0.4 is 10.0 Å². The summed E-state index contributed by atoms with van der Waals surface area (Å²) in [6.45, 7) is 4.40. The second kappa shape index (κ2) is 9.36. The molecule has 23 heavy (non-hydrogen) atoms. The highest BCUT2D eigenvalue weighted by atomic mass is 79.9. The van der Waals surface area contributed by atoms with Crippen molar-refractivity contribution < 1.29 is 17.9 Å². The first-order chi connectivity index (χ1) is 10.8. The Hall–Kier alpha value is -0.960. The van der Waals surface area contributed by atoms with E-state index >= 15 is 0 Å². The van der Waals surface area contributed by atoms with Gasteiger partial charge >= 0.3 is 0 Å². The molecule has 0 bridgehead atoms. The number of carbonyl (C=O) groups excluding carboxylic acids is 1. The smallest absolute Gasteiger partial charge is 0.252 e. The molecule has 0 saturated carbocycles. The minimum absolute atomic E-state index is 0.0273. The van der Waals surface area contributed by atoms with Crippen molar-refractivity contribution in [3.8, 4) is 0 Å². The lowest BCUT2D eigenvalue weighted by atomic mass is 10.1. The van der Waals surface area contributed by atoms with Gasteiger partial charge in [0.25, 0.3) is 5.91 Å². The Balaban J connectivity index is 2.96. The van der Waals surface area contributed by atoms with E-state index in [2.05, 4.69) is 26.0 Å². The van der Waals surface area contributed by atoms with Crippen LogP contribution in [0.3, 0.4) is 0 Å². The van der Waals surface area contributed by atoms with Crippen LogP contribution in [0.5, 0.6) is 0 Å². The predicted octanol–water partition coefficient (Wildman–Crippen LogP) is 2.29. The van der Waals surface area contributed by atoms with Gasteiger partial charge in [-0.2, -0.15) is 0 Å². The standard InChI is InChI=1S/C15H23BrN2O4S/c1-4-5-11(2)18-15(19)13-10-12(6-7-14(13)16)23(20,21)17-8-9-22-3/h6-7,10-11,17H,4-5,8-9H2,1-3H3,(H,18,19)/t11-/m0/s1. The number of carbonyl (C=O) groups is 1. The largest absolute Gasteiger partial charge is 0.383 e. The SMILES string of the molecule is CCC[C@H](C)NC(=O)c1cc(S(=O)(=O)NCCOC)ccc1Br. The van der Waals surface area contributed by atoms with E-state index in [1.54, 1.807) is 6.07 Å². The first kappa shape index (κ1) is 20.1. The Morgan fingerprint density at radius 1 is 1.39 bits per heavy atom. The van der Waals surface area contributed by atoms with Crippen molar-refractivity contribution in [1.82, 2.24) is 10.0 Å². The lowest BCUT2D eigenvalue weighted by molar-refractivity contribution is 0.0937. The van der Waals surface area contributed by atoms with Crippen molar-refractivity contribution in [3.05, 3.63) is 28.2 Å². The summed E-state index contributed by atoms with van der Waals surface area (Å²) < 4.78 is 32.2. The Kier molecular flexibility index (Phi) is 8.18. The Labute approximate surface area is 146 Å². The van der Waals surface area contributed by atoms with Gasteiger partial charge in [-0.05, 0) is 47.5 Å². The quantitative estimate of drug-likeness (QED) is 0.616. The molecule has 0 heterocycles. The molecule has 0 saturated heterocycles. The number of sulfonamides is 1. The summed E-state index contributed by atoms with van der Waals surface area (Å²) in [6, 6.07) is 4.41. The Morgan fingerprint density at radius 2 is 2.09 bits per heavy atom. The third-order valence-corrected chi connectivity index (χ3v) is 5.34. The van der Waals surface area contributed by atoms with Crippen LogP contribution in [0.1, 0.15) is 37.0 Å². The van der Waals surface area contributed by atoms with Crippen LogP contribution in [0, 0.1) is 0 Å². The monoisotopic (exact) mass is 406 g/mol. The van der Waals surface area contributed by atoms with Gasteiger partial charge in [0.2, 0.25) is 10.0 Å². The molecule has 0 unspecified atom stereocenters. The fourth-order valence-electron chi connectivity index (χ4n) is 2.01. The van der Waals surface area contributed by atoms with E-state index in [0.717, 1.165) is 12.8 Å². The lowest BCUT2D eigenvalue weighted by Crippen LogP contribution is -2.33. The molecule has 1 aromatic carbocycles. The van der Waals surface area contributed by atoms with Crippen molar-refractivity contribution in [3.63, 3.8) is 0 Å². The molecule has 0 aliphatic carbocycles. The molecule has 130 valence electrons. The summed E-state index contributed by atoms with van der Waals surface area (Å²) >= 11 is 3.29. The molecule has 0 spiro atoms. The second-order valence-corrected chi connectivity index (χ2v) is 7.82. The number of amides is 1. The van der Waals surface area contributed by atoms with Crippen LogP contribution in [0.25, 0.3) is 0 Å². The summed E-state index contributed by atoms with van der Waals surface area (Å²) in [5, 5.41) is 2.86. The van der Waals surface area contributed by atoms with Crippen LogP contribution >= 0.6 is 15.9 Å². The third kappa shape index (κ3) is 6.21. The predicted molar refractivity (Wildman–Crippen MR) is 93.0 cm³/mol. The molecule has 1 rings (SSSR count). The maximum Gasteiger partial charge on any atom is 0.252 e. The van der Waals surface area contributed by atoms with E-state index in [-0.39, 0.29) is 30.0 Å². The van der Waals surface area contributed by atoms with E-state index in [1.807, 2.05) is 13.8 Å². The second-order valence-electron chi connectivity index (χ2n) is 5.20. The molecule has 2 N–H and O–H groups in total. The zero-order valence-corrected chi connectivity index (χ0v) is 16.0. The molecule has 0 radical (unpaired) electrons. The van der Waals surface area contributed by atoms with Crippen LogP contribution in [-0.4, -0.2) is 40.6 Å². The highest BCUT2D eigenvalue weighted by Crippen LogP contribution is 2.21. The maximum absolute atomic E-state index is 12.3. The first-order valence-electron chi connectivity index (χ1n) is 7.40. The minimum Gasteiger partial charge on any atom is -0.383 e. The zero-order valence-electron chi connectivity index (χ0n) is 13.6. The van der Waals surface area contributed by atoms with Crippen molar-refractivity contribution in [2.45, 2.75) is 37.6 Å². The molecular formula is C15H23BrN2O4S. The Morgan fingerprint density at radius 3 is 2.70 bits per heavy atom. The van der Waals surface area contributed by atoms with Crippen molar-refractivity contribution >= 4 is 31.9 Å². The molecule has 0 aromatic heterocycles. The van der Waals surface area contributed by atoms with Gasteiger partial charge in [-0.25, -0.2) is 13.1 Å². The van der Waals surface area contributed by atoms with Gasteiger partial charge in [-0.1, -0.05) is 13.3 Å². The van der Waals surface area contributed by atoms with Gasteiger partial charge < -0.3 is 10.1 Å². The van der Waals surface area contributed by atoms with Crippen LogP contribution in [0.2, 0.25) is 0 Å². The Bertz CT molecular complexity index is 634. The van der Waals surface area contributed by atoms with Gasteiger partial charge in [0.15, 0.2) is 0 Å². The lowest BCUT2D eigenvalue weighted by Gasteiger charge is -2.14. The van der Waals surface area contributed by atoms with E-state index < -0.39 is 10.0 Å². The van der Waals surface area contributed by atoms with Crippen LogP contribution in [-0.2, 0) is 14.8 Å². The van der Waals surface area contributed by atoms with Gasteiger partial charge in [-0.15, -0.1) is 0 Å². The van der Waals surface area contributed by atoms with Crippen molar-refractivity contribution in [2.75, 3.05) is 20.3 Å². The number of methoxy groups -OCH3 is 1. The average Bonchev–Trinajstić information content (AvgIpc) is 2.47. The molecule has 0 aliphatic rings. The van der Waals surface area contributed by atoms with E-state index in [4.69, 9.17) is 4.74 Å². The van der Waals surface area contributed by atoms with Gasteiger partial charge in [0.1, 0.15) is 0 Å². The van der Waals surface area contributed by atoms with Gasteiger partial charge in [-0.3, -0.25) is 4.79 Å². The number of halogens is 1. The van der Waals surface area contributed by atoms with Gasteiger partial charge in [0.05, 0.1) is 17.1 Å². The average molecular weight is 407 g/mol. The summed E-state index contributed by atoms with van der Waals surface area (Å²) in [6.07, 6.45) is 1.82.